The van der Waals surface area contributed by atoms with E-state index < -0.39 is 25.4 Å². The van der Waals surface area contributed by atoms with Gasteiger partial charge in [-0.15, -0.1) is 0 Å². The van der Waals surface area contributed by atoms with E-state index in [0.29, 0.717) is 23.2 Å². The van der Waals surface area contributed by atoms with Crippen molar-refractivity contribution in [2.75, 3.05) is 18.5 Å². The predicted octanol–water partition coefficient (Wildman–Crippen LogP) is 3.29. The number of hydrogen-bond donors (Lipinski definition) is 2. The summed E-state index contributed by atoms with van der Waals surface area (Å²) in [4.78, 5) is 24.6. The van der Waals surface area contributed by atoms with Crippen molar-refractivity contribution in [3.05, 3.63) is 59.7 Å². The molecule has 0 radical (unpaired) electrons. The fourth-order valence-electron chi connectivity index (χ4n) is 3.70. The smallest absolute Gasteiger partial charge is 0.323 e. The second kappa shape index (κ2) is 10.5. The molecule has 1 amide bonds. The number of hydroxylamine groups is 1. The zero-order chi connectivity index (χ0) is 24.2. The molecule has 9 nitrogen and oxygen atoms in total. The Morgan fingerprint density at radius 2 is 2.00 bits per heavy atom. The molecule has 1 heterocycles. The van der Waals surface area contributed by atoms with Crippen LogP contribution in [0.25, 0.3) is 5.57 Å². The fraction of sp³-hybridized carbons (Fsp3) is 0.391. The second-order valence-corrected chi connectivity index (χ2v) is 10.1. The molecule has 1 aromatic rings. The van der Waals surface area contributed by atoms with Crippen molar-refractivity contribution in [3.8, 4) is 0 Å². The molecule has 3 atom stereocenters. The van der Waals surface area contributed by atoms with Crippen molar-refractivity contribution in [1.29, 1.82) is 0 Å². The van der Waals surface area contributed by atoms with Crippen molar-refractivity contribution in [2.45, 2.75) is 45.4 Å². The van der Waals surface area contributed by atoms with E-state index in [9.17, 15) is 14.2 Å². The SMILES string of the molecule is COCP(=O)(NC(C)C(=O)OC(C)C)ON1c2ccccc2C(C(N)=O)=CC2=CC=CCC21. The number of nitrogens with one attached hydrogen (secondary N) is 1. The van der Waals surface area contributed by atoms with Gasteiger partial charge in [0.1, 0.15) is 12.4 Å². The Bertz CT molecular complexity index is 1050. The van der Waals surface area contributed by atoms with Crippen LogP contribution in [-0.4, -0.2) is 43.5 Å². The maximum absolute atomic E-state index is 13.8. The Morgan fingerprint density at radius 1 is 1.27 bits per heavy atom. The number of nitrogens with zero attached hydrogens (tertiary/aromatic N) is 1. The standard InChI is InChI=1S/C23H30N3O6P/c1-15(2)31-23(28)16(3)25-33(29,14-30-4)32-26-20-11-7-5-9-17(20)13-19(22(24)27)18-10-6-8-12-21(18)26/h5-10,12-13,15-16,20H,11,14H2,1-4H3,(H2,24,27)(H,25,29). The lowest BCUT2D eigenvalue weighted by atomic mass is 9.97. The third-order valence-corrected chi connectivity index (χ3v) is 6.89. The maximum Gasteiger partial charge on any atom is 0.323 e. The van der Waals surface area contributed by atoms with Gasteiger partial charge < -0.3 is 15.2 Å². The van der Waals surface area contributed by atoms with Gasteiger partial charge in [0.25, 0.3) is 0 Å². The van der Waals surface area contributed by atoms with Gasteiger partial charge in [0.05, 0.1) is 17.8 Å². The largest absolute Gasteiger partial charge is 0.462 e. The van der Waals surface area contributed by atoms with Crippen molar-refractivity contribution in [3.63, 3.8) is 0 Å². The normalized spacial score (nSPS) is 20.0. The van der Waals surface area contributed by atoms with Crippen LogP contribution in [0.2, 0.25) is 0 Å². The van der Waals surface area contributed by atoms with Crippen molar-refractivity contribution >= 4 is 30.7 Å². The summed E-state index contributed by atoms with van der Waals surface area (Å²) in [5.74, 6) is -1.14. The third kappa shape index (κ3) is 5.81. The second-order valence-electron chi connectivity index (χ2n) is 8.12. The van der Waals surface area contributed by atoms with E-state index in [4.69, 9.17) is 19.8 Å². The molecule has 1 aliphatic carbocycles. The molecule has 0 saturated heterocycles. The molecule has 178 valence electrons. The average molecular weight is 475 g/mol. The van der Waals surface area contributed by atoms with Gasteiger partial charge in [0, 0.05) is 18.2 Å². The minimum Gasteiger partial charge on any atom is -0.462 e. The predicted molar refractivity (Wildman–Crippen MR) is 126 cm³/mol. The number of para-hydroxylation sites is 1. The van der Waals surface area contributed by atoms with Gasteiger partial charge in [0.2, 0.25) is 5.91 Å². The minimum absolute atomic E-state index is 0.289. The zero-order valence-electron chi connectivity index (χ0n) is 19.2. The van der Waals surface area contributed by atoms with Gasteiger partial charge in [0.15, 0.2) is 0 Å². The molecule has 33 heavy (non-hydrogen) atoms. The van der Waals surface area contributed by atoms with E-state index in [-0.39, 0.29) is 18.5 Å². The lowest BCUT2D eigenvalue weighted by Gasteiger charge is -2.36. The topological polar surface area (TPSA) is 120 Å². The summed E-state index contributed by atoms with van der Waals surface area (Å²) in [6.45, 7) is 5.02. The van der Waals surface area contributed by atoms with Crippen molar-refractivity contribution in [2.24, 2.45) is 5.73 Å². The first kappa shape index (κ1) is 24.9. The van der Waals surface area contributed by atoms with Crippen molar-refractivity contribution < 1.29 is 28.3 Å². The highest BCUT2D eigenvalue weighted by atomic mass is 31.2. The summed E-state index contributed by atoms with van der Waals surface area (Å²) in [5, 5.41) is 4.29. The van der Waals surface area contributed by atoms with Crippen LogP contribution < -0.4 is 15.9 Å². The minimum atomic E-state index is -3.76. The summed E-state index contributed by atoms with van der Waals surface area (Å²) in [6.07, 6.45) is 7.36. The first-order valence-electron chi connectivity index (χ1n) is 10.7. The first-order chi connectivity index (χ1) is 15.6. The number of methoxy groups -OCH3 is 1. The average Bonchev–Trinajstić information content (AvgIpc) is 2.89. The van der Waals surface area contributed by atoms with Crippen LogP contribution in [0.5, 0.6) is 0 Å². The van der Waals surface area contributed by atoms with Crippen LogP contribution in [0.15, 0.2) is 54.1 Å². The Morgan fingerprint density at radius 3 is 2.67 bits per heavy atom. The highest BCUT2D eigenvalue weighted by Crippen LogP contribution is 2.48. The number of ether oxygens (including phenoxy) is 2. The van der Waals surface area contributed by atoms with Crippen LogP contribution in [-0.2, 0) is 28.3 Å². The number of carbonyl (C=O) groups is 2. The van der Waals surface area contributed by atoms with Crippen LogP contribution in [0.3, 0.4) is 0 Å². The molecule has 3 unspecified atom stereocenters. The molecule has 3 N–H and O–H groups in total. The molecule has 0 saturated carbocycles. The lowest BCUT2D eigenvalue weighted by molar-refractivity contribution is -0.149. The highest BCUT2D eigenvalue weighted by molar-refractivity contribution is 7.56. The van der Waals surface area contributed by atoms with Gasteiger partial charge in [-0.1, -0.05) is 36.4 Å². The Hall–Kier alpha value is -2.71. The molecule has 0 spiro atoms. The van der Waals surface area contributed by atoms with Gasteiger partial charge in [-0.3, -0.25) is 14.2 Å². The number of amides is 1. The molecular weight excluding hydrogens is 445 g/mol. The van der Waals surface area contributed by atoms with Crippen LogP contribution >= 0.6 is 7.52 Å². The fourth-order valence-corrected chi connectivity index (χ4v) is 5.39. The van der Waals surface area contributed by atoms with E-state index in [1.54, 1.807) is 51.1 Å². The quantitative estimate of drug-likeness (QED) is 0.412. The number of nitrogens with two attached hydrogens (primary N) is 1. The third-order valence-electron chi connectivity index (χ3n) is 5.07. The number of rotatable bonds is 9. The Balaban J connectivity index is 2.01. The van der Waals surface area contributed by atoms with E-state index in [2.05, 4.69) is 5.09 Å². The monoisotopic (exact) mass is 475 g/mol. The number of fused-ring (bicyclic) bond motifs is 2. The summed E-state index contributed by atoms with van der Waals surface area (Å²) in [6, 6.07) is 5.81. The molecular formula is C23H30N3O6P. The van der Waals surface area contributed by atoms with Gasteiger partial charge in [-0.05, 0) is 44.9 Å². The zero-order valence-corrected chi connectivity index (χ0v) is 20.1. The number of allylic oxidation sites excluding steroid dienone is 2. The summed E-state index contributed by atoms with van der Waals surface area (Å²) in [5.41, 5.74) is 7.87. The summed E-state index contributed by atoms with van der Waals surface area (Å²) in [7, 11) is -2.37. The molecule has 0 bridgehead atoms. The van der Waals surface area contributed by atoms with Crippen LogP contribution in [0.4, 0.5) is 5.69 Å². The summed E-state index contributed by atoms with van der Waals surface area (Å²) >= 11 is 0. The lowest BCUT2D eigenvalue weighted by Crippen LogP contribution is -2.41. The van der Waals surface area contributed by atoms with Gasteiger partial charge in [-0.2, -0.15) is 4.62 Å². The molecule has 10 heteroatoms. The summed E-state index contributed by atoms with van der Waals surface area (Å²) < 4.78 is 30.4. The Kier molecular flexibility index (Phi) is 7.92. The van der Waals surface area contributed by atoms with E-state index in [0.717, 1.165) is 5.57 Å². The van der Waals surface area contributed by atoms with E-state index in [1.807, 2.05) is 18.2 Å². The maximum atomic E-state index is 13.8. The number of hydrogen-bond acceptors (Lipinski definition) is 7. The van der Waals surface area contributed by atoms with Crippen LogP contribution in [0.1, 0.15) is 32.8 Å². The number of esters is 1. The van der Waals surface area contributed by atoms with Gasteiger partial charge >= 0.3 is 13.5 Å². The molecule has 3 rings (SSSR count). The highest BCUT2D eigenvalue weighted by Gasteiger charge is 2.38. The first-order valence-corrected chi connectivity index (χ1v) is 12.5. The molecule has 1 aliphatic heterocycles. The van der Waals surface area contributed by atoms with E-state index >= 15 is 0 Å². The van der Waals surface area contributed by atoms with Gasteiger partial charge in [-0.25, -0.2) is 10.2 Å². The molecule has 1 aromatic carbocycles. The number of carbonyl (C=O) groups excluding carboxylic acids is 2. The van der Waals surface area contributed by atoms with Crippen LogP contribution in [0, 0.1) is 0 Å². The number of primary amides is 1. The number of anilines is 1. The molecule has 0 aromatic heterocycles. The molecule has 0 fully saturated rings. The Labute approximate surface area is 193 Å². The molecule has 2 aliphatic rings. The van der Waals surface area contributed by atoms with Crippen molar-refractivity contribution in [1.82, 2.24) is 5.09 Å². The van der Waals surface area contributed by atoms with E-state index in [1.165, 1.54) is 12.2 Å². The number of benzene rings is 1.